The van der Waals surface area contributed by atoms with Crippen molar-refractivity contribution < 1.29 is 13.9 Å². The molecule has 0 spiro atoms. The summed E-state index contributed by atoms with van der Waals surface area (Å²) in [6, 6.07) is 4.62. The number of amides is 1. The highest BCUT2D eigenvalue weighted by Gasteiger charge is 2.23. The fourth-order valence-electron chi connectivity index (χ4n) is 3.71. The van der Waals surface area contributed by atoms with Gasteiger partial charge in [-0.2, -0.15) is 0 Å². The number of hydrogen-bond donors (Lipinski definition) is 1. The largest absolute Gasteiger partial charge is 0.496 e. The van der Waals surface area contributed by atoms with Crippen molar-refractivity contribution in [3.63, 3.8) is 0 Å². The van der Waals surface area contributed by atoms with Crippen LogP contribution in [0.15, 0.2) is 18.2 Å². The van der Waals surface area contributed by atoms with Crippen molar-refractivity contribution in [2.24, 2.45) is 5.92 Å². The molecular weight excluding hydrogens is 392 g/mol. The minimum Gasteiger partial charge on any atom is -0.496 e. The molecule has 1 unspecified atom stereocenters. The summed E-state index contributed by atoms with van der Waals surface area (Å²) in [6.07, 6.45) is 2.84. The standard InChI is InChI=1S/C19H28FN3O2.2ClH/c1-25-18-4-3-17(20)12-16(18)14-22-8-10-23(11-9-22)19(24)5-2-15-6-7-21-13-15;;/h3-4,12,15,21H,2,5-11,13-14H2,1H3;2*1H. The molecule has 1 amide bonds. The van der Waals surface area contributed by atoms with Crippen LogP contribution in [-0.2, 0) is 11.3 Å². The van der Waals surface area contributed by atoms with E-state index in [1.165, 1.54) is 18.6 Å². The van der Waals surface area contributed by atoms with Crippen LogP contribution in [-0.4, -0.2) is 62.1 Å². The lowest BCUT2D eigenvalue weighted by Gasteiger charge is -2.35. The van der Waals surface area contributed by atoms with E-state index in [2.05, 4.69) is 10.2 Å². The van der Waals surface area contributed by atoms with Crippen LogP contribution < -0.4 is 10.1 Å². The lowest BCUT2D eigenvalue weighted by Crippen LogP contribution is -2.48. The second-order valence-electron chi connectivity index (χ2n) is 7.01. The zero-order valence-corrected chi connectivity index (χ0v) is 17.4. The zero-order chi connectivity index (χ0) is 17.6. The van der Waals surface area contributed by atoms with Gasteiger partial charge in [0.15, 0.2) is 0 Å². The normalized spacial score (nSPS) is 19.9. The first-order chi connectivity index (χ1) is 12.2. The summed E-state index contributed by atoms with van der Waals surface area (Å²) >= 11 is 0. The average Bonchev–Trinajstić information content (AvgIpc) is 3.14. The first kappa shape index (κ1) is 24.0. The molecule has 2 aliphatic rings. The maximum Gasteiger partial charge on any atom is 0.222 e. The fourth-order valence-corrected chi connectivity index (χ4v) is 3.71. The Hall–Kier alpha value is -1.08. The Morgan fingerprint density at radius 2 is 2.00 bits per heavy atom. The number of carbonyl (C=O) groups is 1. The van der Waals surface area contributed by atoms with Crippen molar-refractivity contribution in [2.45, 2.75) is 25.8 Å². The maximum absolute atomic E-state index is 13.5. The van der Waals surface area contributed by atoms with Crippen molar-refractivity contribution >= 4 is 30.7 Å². The maximum atomic E-state index is 13.5. The van der Waals surface area contributed by atoms with E-state index < -0.39 is 0 Å². The van der Waals surface area contributed by atoms with Crippen molar-refractivity contribution in [2.75, 3.05) is 46.4 Å². The van der Waals surface area contributed by atoms with Crippen LogP contribution in [0.25, 0.3) is 0 Å². The van der Waals surface area contributed by atoms with E-state index in [0.29, 0.717) is 24.6 Å². The molecule has 5 nitrogen and oxygen atoms in total. The van der Waals surface area contributed by atoms with Crippen LogP contribution in [0.5, 0.6) is 5.75 Å². The van der Waals surface area contributed by atoms with Gasteiger partial charge >= 0.3 is 0 Å². The molecule has 27 heavy (non-hydrogen) atoms. The molecule has 2 aliphatic heterocycles. The highest BCUT2D eigenvalue weighted by molar-refractivity contribution is 5.85. The van der Waals surface area contributed by atoms with E-state index in [1.54, 1.807) is 13.2 Å². The molecule has 8 heteroatoms. The van der Waals surface area contributed by atoms with Gasteiger partial charge in [0.25, 0.3) is 0 Å². The summed E-state index contributed by atoms with van der Waals surface area (Å²) in [6.45, 7) is 5.92. The summed E-state index contributed by atoms with van der Waals surface area (Å²) in [5.74, 6) is 1.40. The molecule has 1 aromatic carbocycles. The third-order valence-corrected chi connectivity index (χ3v) is 5.29. The van der Waals surface area contributed by atoms with Crippen molar-refractivity contribution in [3.05, 3.63) is 29.6 Å². The van der Waals surface area contributed by atoms with Gasteiger partial charge < -0.3 is 15.0 Å². The predicted octanol–water partition coefficient (Wildman–Crippen LogP) is 2.71. The van der Waals surface area contributed by atoms with Gasteiger partial charge in [0.05, 0.1) is 7.11 Å². The number of nitrogens with zero attached hydrogens (tertiary/aromatic N) is 2. The Morgan fingerprint density at radius 1 is 1.26 bits per heavy atom. The lowest BCUT2D eigenvalue weighted by atomic mass is 10.0. The highest BCUT2D eigenvalue weighted by Crippen LogP contribution is 2.22. The minimum absolute atomic E-state index is 0. The number of carbonyl (C=O) groups excluding carboxylic acids is 1. The predicted molar refractivity (Wildman–Crippen MR) is 110 cm³/mol. The van der Waals surface area contributed by atoms with Gasteiger partial charge in [0.1, 0.15) is 11.6 Å². The average molecular weight is 422 g/mol. The lowest BCUT2D eigenvalue weighted by molar-refractivity contribution is -0.133. The number of hydrogen-bond acceptors (Lipinski definition) is 4. The molecule has 2 heterocycles. The first-order valence-electron chi connectivity index (χ1n) is 9.19. The number of ether oxygens (including phenoxy) is 1. The third kappa shape index (κ3) is 6.79. The number of nitrogens with one attached hydrogen (secondary N) is 1. The molecule has 1 atom stereocenters. The molecule has 0 radical (unpaired) electrons. The van der Waals surface area contributed by atoms with Crippen molar-refractivity contribution in [1.82, 2.24) is 15.1 Å². The Balaban J connectivity index is 0.00000182. The van der Waals surface area contributed by atoms with Crippen LogP contribution in [0, 0.1) is 11.7 Å². The number of halogens is 3. The Labute approximate surface area is 173 Å². The summed E-state index contributed by atoms with van der Waals surface area (Å²) < 4.78 is 18.8. The van der Waals surface area contributed by atoms with E-state index >= 15 is 0 Å². The highest BCUT2D eigenvalue weighted by atomic mass is 35.5. The minimum atomic E-state index is -0.244. The van der Waals surface area contributed by atoms with Crippen LogP contribution in [0.1, 0.15) is 24.8 Å². The zero-order valence-electron chi connectivity index (χ0n) is 15.8. The summed E-state index contributed by atoms with van der Waals surface area (Å²) in [5.41, 5.74) is 0.857. The monoisotopic (exact) mass is 421 g/mol. The van der Waals surface area contributed by atoms with Crippen molar-refractivity contribution in [1.29, 1.82) is 0 Å². The molecule has 2 saturated heterocycles. The topological polar surface area (TPSA) is 44.8 Å². The SMILES string of the molecule is COc1ccc(F)cc1CN1CCN(C(=O)CCC2CCNC2)CC1.Cl.Cl. The van der Waals surface area contributed by atoms with Gasteiger partial charge in [0, 0.05) is 44.7 Å². The van der Waals surface area contributed by atoms with E-state index in [-0.39, 0.29) is 36.5 Å². The van der Waals surface area contributed by atoms with E-state index in [9.17, 15) is 9.18 Å². The summed E-state index contributed by atoms with van der Waals surface area (Å²) in [4.78, 5) is 16.6. The second-order valence-corrected chi connectivity index (χ2v) is 7.01. The summed E-state index contributed by atoms with van der Waals surface area (Å²) in [7, 11) is 1.60. The fraction of sp³-hybridized carbons (Fsp3) is 0.632. The Kier molecular flexibility index (Phi) is 10.4. The molecule has 0 aromatic heterocycles. The van der Waals surface area contributed by atoms with E-state index in [4.69, 9.17) is 4.74 Å². The Morgan fingerprint density at radius 3 is 2.63 bits per heavy atom. The number of rotatable bonds is 6. The second kappa shape index (κ2) is 11.7. The van der Waals surface area contributed by atoms with Gasteiger partial charge in [-0.3, -0.25) is 9.69 Å². The first-order valence-corrected chi connectivity index (χ1v) is 9.19. The molecule has 0 aliphatic carbocycles. The Bertz CT molecular complexity index is 592. The van der Waals surface area contributed by atoms with Crippen LogP contribution in [0.4, 0.5) is 4.39 Å². The van der Waals surface area contributed by atoms with Gasteiger partial charge in [-0.05, 0) is 50.0 Å². The number of benzene rings is 1. The molecule has 0 bridgehead atoms. The van der Waals surface area contributed by atoms with Crippen LogP contribution in [0.2, 0.25) is 0 Å². The van der Waals surface area contributed by atoms with E-state index in [1.807, 2.05) is 4.90 Å². The van der Waals surface area contributed by atoms with Gasteiger partial charge in [-0.15, -0.1) is 24.8 Å². The van der Waals surface area contributed by atoms with Gasteiger partial charge in [0.2, 0.25) is 5.91 Å². The smallest absolute Gasteiger partial charge is 0.222 e. The van der Waals surface area contributed by atoms with Gasteiger partial charge in [-0.25, -0.2) is 4.39 Å². The van der Waals surface area contributed by atoms with Crippen molar-refractivity contribution in [3.8, 4) is 5.75 Å². The quantitative estimate of drug-likeness (QED) is 0.766. The molecule has 2 fully saturated rings. The molecule has 1 aromatic rings. The van der Waals surface area contributed by atoms with E-state index in [0.717, 1.165) is 51.3 Å². The number of methoxy groups -OCH3 is 1. The molecule has 0 saturated carbocycles. The summed E-state index contributed by atoms with van der Waals surface area (Å²) in [5, 5.41) is 3.35. The van der Waals surface area contributed by atoms with Crippen LogP contribution >= 0.6 is 24.8 Å². The molecule has 154 valence electrons. The number of piperazine rings is 1. The third-order valence-electron chi connectivity index (χ3n) is 5.29. The van der Waals surface area contributed by atoms with Crippen LogP contribution in [0.3, 0.4) is 0 Å². The molecule has 1 N–H and O–H groups in total. The van der Waals surface area contributed by atoms with Gasteiger partial charge in [-0.1, -0.05) is 0 Å². The molecule has 3 rings (SSSR count). The molecular formula is C19H30Cl2FN3O2.